The van der Waals surface area contributed by atoms with Crippen LogP contribution in [-0.2, 0) is 14.3 Å². The van der Waals surface area contributed by atoms with Crippen LogP contribution in [0.15, 0.2) is 18.2 Å². The van der Waals surface area contributed by atoms with Crippen molar-refractivity contribution in [1.82, 2.24) is 0 Å². The number of carbonyl (C=O) groups is 2. The summed E-state index contributed by atoms with van der Waals surface area (Å²) >= 11 is 0. The Kier molecular flexibility index (Phi) is 6.89. The number of rotatable bonds is 4. The molecule has 0 unspecified atom stereocenters. The third-order valence-electron chi connectivity index (χ3n) is 2.28. The summed E-state index contributed by atoms with van der Waals surface area (Å²) in [6.07, 6.45) is 0.00283. The molecule has 1 rings (SSSR count). The summed E-state index contributed by atoms with van der Waals surface area (Å²) in [7, 11) is 1.27. The second-order valence-corrected chi connectivity index (χ2v) is 3.71. The van der Waals surface area contributed by atoms with Crippen molar-refractivity contribution in [2.45, 2.75) is 19.4 Å². The first-order valence-corrected chi connectivity index (χ1v) is 5.27. The van der Waals surface area contributed by atoms with E-state index in [1.807, 2.05) is 0 Å². The standard InChI is InChI=1S/C12H15NO5.ClH/c1-7(14)18-11-4-3-8(5-10(11)15)9(13)6-12(16)17-2;/h3-5,9,15H,6,13H2,1-2H3;1H/t9-;/m1./s1. The van der Waals surface area contributed by atoms with Crippen molar-refractivity contribution in [3.05, 3.63) is 23.8 Å². The lowest BCUT2D eigenvalue weighted by Gasteiger charge is -2.12. The average molecular weight is 290 g/mol. The molecule has 0 spiro atoms. The van der Waals surface area contributed by atoms with Crippen molar-refractivity contribution in [1.29, 1.82) is 0 Å². The maximum Gasteiger partial charge on any atom is 0.308 e. The Morgan fingerprint density at radius 3 is 2.53 bits per heavy atom. The van der Waals surface area contributed by atoms with Gasteiger partial charge in [-0.25, -0.2) is 0 Å². The SMILES string of the molecule is COC(=O)C[C@@H](N)c1ccc(OC(C)=O)c(O)c1.Cl. The van der Waals surface area contributed by atoms with Gasteiger partial charge in [-0.05, 0) is 17.7 Å². The Labute approximate surface area is 116 Å². The van der Waals surface area contributed by atoms with Crippen LogP contribution >= 0.6 is 12.4 Å². The van der Waals surface area contributed by atoms with Gasteiger partial charge in [-0.2, -0.15) is 0 Å². The molecule has 0 saturated heterocycles. The van der Waals surface area contributed by atoms with Crippen molar-refractivity contribution >= 4 is 24.3 Å². The number of aromatic hydroxyl groups is 1. The maximum absolute atomic E-state index is 11.1. The highest BCUT2D eigenvalue weighted by atomic mass is 35.5. The molecule has 106 valence electrons. The van der Waals surface area contributed by atoms with Crippen molar-refractivity contribution in [2.75, 3.05) is 7.11 Å². The fourth-order valence-electron chi connectivity index (χ4n) is 1.39. The number of hydrogen-bond donors (Lipinski definition) is 2. The van der Waals surface area contributed by atoms with Crippen LogP contribution < -0.4 is 10.5 Å². The van der Waals surface area contributed by atoms with Gasteiger partial charge in [0.25, 0.3) is 0 Å². The van der Waals surface area contributed by atoms with Gasteiger partial charge in [0.05, 0.1) is 13.5 Å². The minimum absolute atomic E-state index is 0. The molecular weight excluding hydrogens is 274 g/mol. The summed E-state index contributed by atoms with van der Waals surface area (Å²) in [5.74, 6) is -1.12. The van der Waals surface area contributed by atoms with Crippen LogP contribution in [-0.4, -0.2) is 24.2 Å². The highest BCUT2D eigenvalue weighted by molar-refractivity contribution is 5.85. The Balaban J connectivity index is 0.00000324. The molecule has 1 aromatic carbocycles. The van der Waals surface area contributed by atoms with Gasteiger partial charge in [-0.15, -0.1) is 12.4 Å². The Hall–Kier alpha value is -1.79. The largest absolute Gasteiger partial charge is 0.504 e. The smallest absolute Gasteiger partial charge is 0.308 e. The van der Waals surface area contributed by atoms with Crippen LogP contribution in [0.2, 0.25) is 0 Å². The van der Waals surface area contributed by atoms with Crippen molar-refractivity contribution in [3.63, 3.8) is 0 Å². The van der Waals surface area contributed by atoms with Gasteiger partial charge < -0.3 is 20.3 Å². The molecule has 0 bridgehead atoms. The second-order valence-electron chi connectivity index (χ2n) is 3.71. The highest BCUT2D eigenvalue weighted by Gasteiger charge is 2.14. The molecular formula is C12H16ClNO5. The number of esters is 2. The summed E-state index contributed by atoms with van der Waals surface area (Å²) < 4.78 is 9.26. The molecule has 19 heavy (non-hydrogen) atoms. The summed E-state index contributed by atoms with van der Waals surface area (Å²) in [4.78, 5) is 21.8. The predicted molar refractivity (Wildman–Crippen MR) is 70.2 cm³/mol. The van der Waals surface area contributed by atoms with Crippen LogP contribution in [0.1, 0.15) is 24.9 Å². The molecule has 0 radical (unpaired) electrons. The van der Waals surface area contributed by atoms with E-state index in [0.717, 1.165) is 0 Å². The molecule has 0 amide bonds. The van der Waals surface area contributed by atoms with Gasteiger partial charge in [0.1, 0.15) is 0 Å². The molecule has 1 aromatic rings. The van der Waals surface area contributed by atoms with E-state index in [9.17, 15) is 14.7 Å². The van der Waals surface area contributed by atoms with Gasteiger partial charge >= 0.3 is 11.9 Å². The third-order valence-corrected chi connectivity index (χ3v) is 2.28. The molecule has 7 heteroatoms. The monoisotopic (exact) mass is 289 g/mol. The molecule has 0 aliphatic rings. The quantitative estimate of drug-likeness (QED) is 0.640. The molecule has 0 heterocycles. The number of phenols is 1. The van der Waals surface area contributed by atoms with Gasteiger partial charge in [0, 0.05) is 13.0 Å². The number of halogens is 1. The summed E-state index contributed by atoms with van der Waals surface area (Å²) in [5.41, 5.74) is 6.32. The number of phenolic OH excluding ortho intramolecular Hbond substituents is 1. The minimum Gasteiger partial charge on any atom is -0.504 e. The highest BCUT2D eigenvalue weighted by Crippen LogP contribution is 2.29. The molecule has 0 fully saturated rings. The number of benzene rings is 1. The van der Waals surface area contributed by atoms with E-state index in [-0.39, 0.29) is 30.3 Å². The molecule has 6 nitrogen and oxygen atoms in total. The minimum atomic E-state index is -0.588. The fraction of sp³-hybridized carbons (Fsp3) is 0.333. The van der Waals surface area contributed by atoms with E-state index in [4.69, 9.17) is 10.5 Å². The van der Waals surface area contributed by atoms with E-state index < -0.39 is 18.0 Å². The van der Waals surface area contributed by atoms with Crippen LogP contribution in [0.25, 0.3) is 0 Å². The first-order chi connectivity index (χ1) is 8.43. The number of hydrogen-bond acceptors (Lipinski definition) is 6. The number of carbonyl (C=O) groups excluding carboxylic acids is 2. The Morgan fingerprint density at radius 1 is 1.42 bits per heavy atom. The van der Waals surface area contributed by atoms with Crippen LogP contribution in [0.3, 0.4) is 0 Å². The zero-order chi connectivity index (χ0) is 13.7. The Bertz CT molecular complexity index is 463. The maximum atomic E-state index is 11.1. The topological polar surface area (TPSA) is 98.9 Å². The fourth-order valence-corrected chi connectivity index (χ4v) is 1.39. The molecule has 3 N–H and O–H groups in total. The average Bonchev–Trinajstić information content (AvgIpc) is 2.30. The second kappa shape index (κ2) is 7.60. The van der Waals surface area contributed by atoms with Crippen LogP contribution in [0.4, 0.5) is 0 Å². The molecule has 0 saturated carbocycles. The van der Waals surface area contributed by atoms with Gasteiger partial charge in [-0.1, -0.05) is 6.07 Å². The van der Waals surface area contributed by atoms with Crippen molar-refractivity contribution in [2.24, 2.45) is 5.73 Å². The number of ether oxygens (including phenoxy) is 2. The van der Waals surface area contributed by atoms with Crippen LogP contribution in [0.5, 0.6) is 11.5 Å². The third kappa shape index (κ3) is 5.15. The van der Waals surface area contributed by atoms with E-state index in [2.05, 4.69) is 4.74 Å². The summed E-state index contributed by atoms with van der Waals surface area (Å²) in [5, 5.41) is 9.63. The molecule has 0 aliphatic heterocycles. The van der Waals surface area contributed by atoms with Gasteiger partial charge in [0.2, 0.25) is 0 Å². The predicted octanol–water partition coefficient (Wildman–Crippen LogP) is 1.30. The number of nitrogens with two attached hydrogens (primary N) is 1. The lowest BCUT2D eigenvalue weighted by atomic mass is 10.0. The van der Waals surface area contributed by atoms with Crippen molar-refractivity contribution < 1.29 is 24.2 Å². The molecule has 1 atom stereocenters. The number of methoxy groups -OCH3 is 1. The van der Waals surface area contributed by atoms with Gasteiger partial charge in [0.15, 0.2) is 11.5 Å². The lowest BCUT2D eigenvalue weighted by molar-refractivity contribution is -0.141. The van der Waals surface area contributed by atoms with Crippen LogP contribution in [0, 0.1) is 0 Å². The Morgan fingerprint density at radius 2 is 2.05 bits per heavy atom. The van der Waals surface area contributed by atoms with Gasteiger partial charge in [-0.3, -0.25) is 9.59 Å². The summed E-state index contributed by atoms with van der Waals surface area (Å²) in [6, 6.07) is 3.76. The lowest BCUT2D eigenvalue weighted by Crippen LogP contribution is -2.16. The zero-order valence-electron chi connectivity index (χ0n) is 10.6. The zero-order valence-corrected chi connectivity index (χ0v) is 11.4. The van der Waals surface area contributed by atoms with E-state index >= 15 is 0 Å². The van der Waals surface area contributed by atoms with E-state index in [0.29, 0.717) is 5.56 Å². The first kappa shape index (κ1) is 17.2. The van der Waals surface area contributed by atoms with E-state index in [1.54, 1.807) is 6.07 Å². The molecule has 0 aliphatic carbocycles. The normalized spacial score (nSPS) is 11.1. The van der Waals surface area contributed by atoms with Crippen molar-refractivity contribution in [3.8, 4) is 11.5 Å². The molecule has 0 aromatic heterocycles. The first-order valence-electron chi connectivity index (χ1n) is 5.27. The summed E-state index contributed by atoms with van der Waals surface area (Å²) in [6.45, 7) is 1.23. The van der Waals surface area contributed by atoms with E-state index in [1.165, 1.54) is 26.2 Å².